The Morgan fingerprint density at radius 3 is 2.79 bits per heavy atom. The molecule has 0 unspecified atom stereocenters. The Morgan fingerprint density at radius 1 is 1.32 bits per heavy atom. The van der Waals surface area contributed by atoms with E-state index in [1.807, 2.05) is 24.3 Å². The molecule has 0 aliphatic carbocycles. The van der Waals surface area contributed by atoms with Crippen molar-refractivity contribution in [2.45, 2.75) is 25.7 Å². The third-order valence-electron chi connectivity index (χ3n) is 2.67. The van der Waals surface area contributed by atoms with Crippen LogP contribution in [0.5, 0.6) is 0 Å². The summed E-state index contributed by atoms with van der Waals surface area (Å²) in [5.74, 6) is 0. The van der Waals surface area contributed by atoms with Crippen LogP contribution in [0.3, 0.4) is 0 Å². The van der Waals surface area contributed by atoms with E-state index in [1.54, 1.807) is 0 Å². The molecule has 19 heavy (non-hydrogen) atoms. The number of aromatic nitrogens is 2. The number of hydrogen-bond acceptors (Lipinski definition) is 4. The monoisotopic (exact) mass is 278 g/mol. The van der Waals surface area contributed by atoms with Gasteiger partial charge in [-0.1, -0.05) is 31.8 Å². The van der Waals surface area contributed by atoms with Crippen molar-refractivity contribution < 1.29 is 14.4 Å². The molecule has 102 valence electrons. The zero-order valence-electron chi connectivity index (χ0n) is 11.4. The lowest BCUT2D eigenvalue weighted by atomic mass is 10.3. The first-order valence-corrected chi connectivity index (χ1v) is 9.94. The third kappa shape index (κ3) is 3.82. The van der Waals surface area contributed by atoms with Crippen LogP contribution in [0.15, 0.2) is 30.6 Å². The topological polar surface area (TPSA) is 53.4 Å². The summed E-state index contributed by atoms with van der Waals surface area (Å²) in [7, 11) is -1.20. The van der Waals surface area contributed by atoms with Crippen LogP contribution in [0.25, 0.3) is 11.0 Å². The van der Waals surface area contributed by atoms with Crippen molar-refractivity contribution in [2.24, 2.45) is 0 Å². The van der Waals surface area contributed by atoms with Crippen LogP contribution in [0, 0.1) is 0 Å². The lowest BCUT2D eigenvalue weighted by molar-refractivity contribution is 0.0545. The van der Waals surface area contributed by atoms with Crippen LogP contribution in [-0.2, 0) is 4.74 Å². The second-order valence-electron chi connectivity index (χ2n) is 5.56. The number of nitrogens with zero attached hydrogens (tertiary/aromatic N) is 2. The SMILES string of the molecule is C[Si](C)(C)CCOC(=O)On1cnc2ccccc21. The van der Waals surface area contributed by atoms with Gasteiger partial charge in [-0.2, -0.15) is 4.73 Å². The number of rotatable bonds is 4. The highest BCUT2D eigenvalue weighted by Gasteiger charge is 2.15. The summed E-state index contributed by atoms with van der Waals surface area (Å²) in [4.78, 5) is 20.8. The first kappa shape index (κ1) is 13.6. The zero-order valence-corrected chi connectivity index (χ0v) is 12.4. The van der Waals surface area contributed by atoms with Crippen LogP contribution >= 0.6 is 0 Å². The molecule has 1 aromatic carbocycles. The van der Waals surface area contributed by atoms with E-state index in [9.17, 15) is 4.79 Å². The van der Waals surface area contributed by atoms with Gasteiger partial charge in [0.05, 0.1) is 12.1 Å². The summed E-state index contributed by atoms with van der Waals surface area (Å²) in [5.41, 5.74) is 1.52. The Hall–Kier alpha value is -1.82. The van der Waals surface area contributed by atoms with Gasteiger partial charge in [-0.15, -0.1) is 0 Å². The maximum absolute atomic E-state index is 11.6. The van der Waals surface area contributed by atoms with Crippen molar-refractivity contribution in [2.75, 3.05) is 6.61 Å². The van der Waals surface area contributed by atoms with E-state index in [2.05, 4.69) is 24.6 Å². The van der Waals surface area contributed by atoms with E-state index >= 15 is 0 Å². The Labute approximate surface area is 113 Å². The zero-order chi connectivity index (χ0) is 13.9. The fourth-order valence-electron chi connectivity index (χ4n) is 1.56. The van der Waals surface area contributed by atoms with Gasteiger partial charge in [-0.3, -0.25) is 4.84 Å². The summed E-state index contributed by atoms with van der Waals surface area (Å²) in [5, 5.41) is 0. The summed E-state index contributed by atoms with van der Waals surface area (Å²) < 4.78 is 6.39. The number of carbonyl (C=O) groups is 1. The molecule has 0 aliphatic heterocycles. The highest BCUT2D eigenvalue weighted by molar-refractivity contribution is 6.76. The highest BCUT2D eigenvalue weighted by atomic mass is 28.3. The minimum absolute atomic E-state index is 0.404. The van der Waals surface area contributed by atoms with Gasteiger partial charge in [0.15, 0.2) is 0 Å². The molecule has 0 aliphatic rings. The fourth-order valence-corrected chi connectivity index (χ4v) is 2.27. The van der Waals surface area contributed by atoms with Gasteiger partial charge in [0.2, 0.25) is 0 Å². The Bertz CT molecular complexity index is 575. The van der Waals surface area contributed by atoms with Crippen molar-refractivity contribution in [3.8, 4) is 0 Å². The highest BCUT2D eigenvalue weighted by Crippen LogP contribution is 2.11. The van der Waals surface area contributed by atoms with Crippen LogP contribution in [0.4, 0.5) is 4.79 Å². The first-order valence-electron chi connectivity index (χ1n) is 6.23. The molecule has 0 atom stereocenters. The van der Waals surface area contributed by atoms with E-state index in [-0.39, 0.29) is 0 Å². The Balaban J connectivity index is 1.92. The van der Waals surface area contributed by atoms with Crippen LogP contribution in [-0.4, -0.2) is 30.6 Å². The molecule has 0 N–H and O–H groups in total. The molecule has 1 heterocycles. The van der Waals surface area contributed by atoms with Crippen molar-refractivity contribution in [3.05, 3.63) is 30.6 Å². The van der Waals surface area contributed by atoms with E-state index < -0.39 is 14.2 Å². The number of fused-ring (bicyclic) bond motifs is 1. The van der Waals surface area contributed by atoms with Crippen LogP contribution < -0.4 is 4.84 Å². The van der Waals surface area contributed by atoms with Gasteiger partial charge in [-0.05, 0) is 18.2 Å². The van der Waals surface area contributed by atoms with Gasteiger partial charge < -0.3 is 4.74 Å². The molecular formula is C13H18N2O3Si. The maximum atomic E-state index is 11.6. The quantitative estimate of drug-likeness (QED) is 0.637. The average molecular weight is 278 g/mol. The van der Waals surface area contributed by atoms with Crippen molar-refractivity contribution in [3.63, 3.8) is 0 Å². The molecule has 0 amide bonds. The molecule has 6 heteroatoms. The number of ether oxygens (including phenoxy) is 1. The average Bonchev–Trinajstić information content (AvgIpc) is 2.71. The van der Waals surface area contributed by atoms with E-state index in [1.165, 1.54) is 11.1 Å². The summed E-state index contributed by atoms with van der Waals surface area (Å²) in [6, 6.07) is 8.35. The number of benzene rings is 1. The third-order valence-corrected chi connectivity index (χ3v) is 4.37. The van der Waals surface area contributed by atoms with Crippen molar-refractivity contribution in [1.29, 1.82) is 0 Å². The number of carbonyl (C=O) groups excluding carboxylic acids is 1. The standard InChI is InChI=1S/C13H18N2O3Si/c1-19(2,3)9-8-17-13(16)18-15-10-14-11-6-4-5-7-12(11)15/h4-7,10H,8-9H2,1-3H3. The molecule has 0 spiro atoms. The minimum atomic E-state index is -1.20. The number of para-hydroxylation sites is 2. The first-order chi connectivity index (χ1) is 8.96. The van der Waals surface area contributed by atoms with Gasteiger partial charge in [0.1, 0.15) is 11.8 Å². The predicted molar refractivity (Wildman–Crippen MR) is 75.8 cm³/mol. The summed E-state index contributed by atoms with van der Waals surface area (Å²) in [6.45, 7) is 7.09. The Kier molecular flexibility index (Phi) is 3.89. The normalized spacial score (nSPS) is 11.5. The van der Waals surface area contributed by atoms with E-state index in [0.717, 1.165) is 17.1 Å². The van der Waals surface area contributed by atoms with Crippen LogP contribution in [0.1, 0.15) is 0 Å². The number of hydrogen-bond donors (Lipinski definition) is 0. The van der Waals surface area contributed by atoms with Gasteiger partial charge in [-0.25, -0.2) is 9.78 Å². The lowest BCUT2D eigenvalue weighted by Gasteiger charge is -2.14. The molecule has 2 aromatic rings. The molecule has 1 aromatic heterocycles. The molecule has 5 nitrogen and oxygen atoms in total. The van der Waals surface area contributed by atoms with Crippen molar-refractivity contribution in [1.82, 2.24) is 9.71 Å². The molecule has 2 rings (SSSR count). The van der Waals surface area contributed by atoms with E-state index in [0.29, 0.717) is 6.61 Å². The lowest BCUT2D eigenvalue weighted by Crippen LogP contribution is -2.25. The second kappa shape index (κ2) is 5.44. The van der Waals surface area contributed by atoms with Crippen molar-refractivity contribution >= 4 is 25.3 Å². The molecule has 0 fully saturated rings. The molecule has 0 bridgehead atoms. The smallest absolute Gasteiger partial charge is 0.433 e. The van der Waals surface area contributed by atoms with Gasteiger partial charge in [0, 0.05) is 8.07 Å². The largest absolute Gasteiger partial charge is 0.533 e. The Morgan fingerprint density at radius 2 is 2.05 bits per heavy atom. The van der Waals surface area contributed by atoms with E-state index in [4.69, 9.17) is 9.57 Å². The summed E-state index contributed by atoms with van der Waals surface area (Å²) >= 11 is 0. The van der Waals surface area contributed by atoms with Crippen LogP contribution in [0.2, 0.25) is 25.7 Å². The summed E-state index contributed by atoms with van der Waals surface area (Å²) in [6.07, 6.45) is 0.770. The molecule has 0 saturated heterocycles. The fraction of sp³-hybridized carbons (Fsp3) is 0.385. The molecule has 0 saturated carbocycles. The molecule has 0 radical (unpaired) electrons. The predicted octanol–water partition coefficient (Wildman–Crippen LogP) is 2.94. The van der Waals surface area contributed by atoms with Gasteiger partial charge in [0.25, 0.3) is 0 Å². The maximum Gasteiger partial charge on any atom is 0.533 e. The van der Waals surface area contributed by atoms with Gasteiger partial charge >= 0.3 is 6.16 Å². The minimum Gasteiger partial charge on any atom is -0.433 e. The number of imidazole rings is 1. The molecular weight excluding hydrogens is 260 g/mol. The second-order valence-corrected chi connectivity index (χ2v) is 11.2.